The average molecular weight is 375 g/mol. The number of anilines is 1. The molecule has 3 rings (SSSR count). The number of nitrogens with zero attached hydrogens (tertiary/aromatic N) is 2. The molecule has 5 nitrogen and oxygen atoms in total. The third-order valence-corrected chi connectivity index (χ3v) is 4.59. The summed E-state index contributed by atoms with van der Waals surface area (Å²) in [6, 6.07) is 18.7. The lowest BCUT2D eigenvalue weighted by atomic mass is 10.0. The largest absolute Gasteiger partial charge is 0.325 e. The second-order valence-corrected chi connectivity index (χ2v) is 7.04. The normalized spacial score (nSPS) is 10.9. The van der Waals surface area contributed by atoms with Gasteiger partial charge in [0.2, 0.25) is 5.91 Å². The molecule has 1 amide bonds. The Bertz CT molecular complexity index is 1020. The summed E-state index contributed by atoms with van der Waals surface area (Å²) in [6.07, 6.45) is 0.657. The van der Waals surface area contributed by atoms with Gasteiger partial charge < -0.3 is 5.32 Å². The van der Waals surface area contributed by atoms with E-state index in [4.69, 9.17) is 0 Å². The van der Waals surface area contributed by atoms with Crippen LogP contribution in [0.15, 0.2) is 65.5 Å². The maximum absolute atomic E-state index is 12.7. The topological polar surface area (TPSA) is 64.0 Å². The summed E-state index contributed by atoms with van der Waals surface area (Å²) >= 11 is 0. The van der Waals surface area contributed by atoms with Gasteiger partial charge in [0, 0.05) is 23.0 Å². The van der Waals surface area contributed by atoms with E-state index in [1.54, 1.807) is 0 Å². The van der Waals surface area contributed by atoms with Crippen LogP contribution in [0.1, 0.15) is 37.9 Å². The second-order valence-electron chi connectivity index (χ2n) is 7.04. The molecular formula is C23H25N3O2. The molecule has 0 saturated heterocycles. The molecule has 0 aliphatic rings. The fraction of sp³-hybridized carbons (Fsp3) is 0.261. The summed E-state index contributed by atoms with van der Waals surface area (Å²) in [6.45, 7) is 6.07. The van der Waals surface area contributed by atoms with Gasteiger partial charge in [0.25, 0.3) is 5.56 Å². The van der Waals surface area contributed by atoms with Gasteiger partial charge in [-0.1, -0.05) is 63.2 Å². The van der Waals surface area contributed by atoms with Crippen LogP contribution in [0, 0.1) is 0 Å². The monoisotopic (exact) mass is 375 g/mol. The SMILES string of the molecule is CCc1cc(=O)n(CC(=O)Nc2cccc(C(C)C)c2)c(-c2ccccc2)n1. The second kappa shape index (κ2) is 8.65. The van der Waals surface area contributed by atoms with Crippen LogP contribution in [0.3, 0.4) is 0 Å². The van der Waals surface area contributed by atoms with Gasteiger partial charge in [0.05, 0.1) is 0 Å². The Hall–Kier alpha value is -3.21. The molecule has 0 aliphatic heterocycles. The number of benzene rings is 2. The highest BCUT2D eigenvalue weighted by Gasteiger charge is 2.14. The number of amides is 1. The standard InChI is InChI=1S/C23H25N3O2/c1-4-19-14-22(28)26(23(25-19)17-9-6-5-7-10-17)15-21(27)24-20-12-8-11-18(13-20)16(2)3/h5-14,16H,4,15H2,1-3H3,(H,24,27). The highest BCUT2D eigenvalue weighted by molar-refractivity contribution is 5.90. The Morgan fingerprint density at radius 1 is 1.07 bits per heavy atom. The molecule has 0 spiro atoms. The smallest absolute Gasteiger partial charge is 0.254 e. The van der Waals surface area contributed by atoms with E-state index in [2.05, 4.69) is 24.1 Å². The van der Waals surface area contributed by atoms with Gasteiger partial charge in [-0.15, -0.1) is 0 Å². The lowest BCUT2D eigenvalue weighted by molar-refractivity contribution is -0.116. The van der Waals surface area contributed by atoms with Crippen molar-refractivity contribution in [2.75, 3.05) is 5.32 Å². The van der Waals surface area contributed by atoms with Gasteiger partial charge in [0.1, 0.15) is 12.4 Å². The number of aromatic nitrogens is 2. The molecule has 1 aromatic heterocycles. The number of nitrogens with one attached hydrogen (secondary N) is 1. The van der Waals surface area contributed by atoms with E-state index in [0.29, 0.717) is 23.9 Å². The summed E-state index contributed by atoms with van der Waals surface area (Å²) in [5.41, 5.74) is 3.17. The van der Waals surface area contributed by atoms with Crippen LogP contribution in [0.25, 0.3) is 11.4 Å². The van der Waals surface area contributed by atoms with Crippen LogP contribution >= 0.6 is 0 Å². The first-order valence-corrected chi connectivity index (χ1v) is 9.54. The molecule has 1 heterocycles. The summed E-state index contributed by atoms with van der Waals surface area (Å²) in [4.78, 5) is 29.9. The van der Waals surface area contributed by atoms with Crippen LogP contribution in [0.5, 0.6) is 0 Å². The third-order valence-electron chi connectivity index (χ3n) is 4.59. The number of hydrogen-bond donors (Lipinski definition) is 1. The molecule has 0 aliphatic carbocycles. The lowest BCUT2D eigenvalue weighted by Gasteiger charge is -2.14. The third kappa shape index (κ3) is 4.55. The van der Waals surface area contributed by atoms with Crippen molar-refractivity contribution < 1.29 is 4.79 Å². The first kappa shape index (κ1) is 19.5. The molecule has 144 valence electrons. The Labute approximate surface area is 165 Å². The zero-order chi connectivity index (χ0) is 20.1. The van der Waals surface area contributed by atoms with Gasteiger partial charge in [-0.3, -0.25) is 14.2 Å². The molecule has 2 aromatic carbocycles. The van der Waals surface area contributed by atoms with E-state index in [0.717, 1.165) is 16.8 Å². The van der Waals surface area contributed by atoms with Crippen molar-refractivity contribution in [1.29, 1.82) is 0 Å². The summed E-state index contributed by atoms with van der Waals surface area (Å²) in [5.74, 6) is 0.622. The maximum Gasteiger partial charge on any atom is 0.254 e. The van der Waals surface area contributed by atoms with Gasteiger partial charge >= 0.3 is 0 Å². The van der Waals surface area contributed by atoms with Gasteiger partial charge in [-0.25, -0.2) is 4.98 Å². The number of aryl methyl sites for hydroxylation is 1. The highest BCUT2D eigenvalue weighted by atomic mass is 16.2. The number of carbonyl (C=O) groups excluding carboxylic acids is 1. The Morgan fingerprint density at radius 2 is 1.82 bits per heavy atom. The number of hydrogen-bond acceptors (Lipinski definition) is 3. The minimum absolute atomic E-state index is 0.0913. The fourth-order valence-electron chi connectivity index (χ4n) is 3.01. The van der Waals surface area contributed by atoms with E-state index in [1.807, 2.05) is 61.5 Å². The molecule has 5 heteroatoms. The number of rotatable bonds is 6. The Morgan fingerprint density at radius 3 is 2.50 bits per heavy atom. The van der Waals surface area contributed by atoms with E-state index >= 15 is 0 Å². The molecule has 3 aromatic rings. The summed E-state index contributed by atoms with van der Waals surface area (Å²) in [5, 5.41) is 2.89. The van der Waals surface area contributed by atoms with Gasteiger partial charge in [0.15, 0.2) is 0 Å². The maximum atomic E-state index is 12.7. The molecule has 0 fully saturated rings. The molecule has 0 bridgehead atoms. The molecule has 1 N–H and O–H groups in total. The first-order chi connectivity index (χ1) is 13.5. The summed E-state index contributed by atoms with van der Waals surface area (Å²) < 4.78 is 1.43. The predicted octanol–water partition coefficient (Wildman–Crippen LogP) is 4.23. The zero-order valence-corrected chi connectivity index (χ0v) is 16.5. The predicted molar refractivity (Wildman–Crippen MR) is 112 cm³/mol. The Kier molecular flexibility index (Phi) is 6.04. The Balaban J connectivity index is 1.90. The van der Waals surface area contributed by atoms with Crippen LogP contribution in [0.2, 0.25) is 0 Å². The van der Waals surface area contributed by atoms with Gasteiger partial charge in [-0.05, 0) is 30.0 Å². The lowest BCUT2D eigenvalue weighted by Crippen LogP contribution is -2.30. The van der Waals surface area contributed by atoms with E-state index in [-0.39, 0.29) is 18.0 Å². The van der Waals surface area contributed by atoms with Crippen molar-refractivity contribution in [3.8, 4) is 11.4 Å². The molecule has 28 heavy (non-hydrogen) atoms. The van der Waals surface area contributed by atoms with Crippen LogP contribution in [-0.2, 0) is 17.8 Å². The molecule has 0 radical (unpaired) electrons. The van der Waals surface area contributed by atoms with Crippen LogP contribution in [0.4, 0.5) is 5.69 Å². The first-order valence-electron chi connectivity index (χ1n) is 9.54. The van der Waals surface area contributed by atoms with Crippen molar-refractivity contribution in [2.45, 2.75) is 39.7 Å². The highest BCUT2D eigenvalue weighted by Crippen LogP contribution is 2.19. The van der Waals surface area contributed by atoms with Crippen LogP contribution in [-0.4, -0.2) is 15.5 Å². The number of carbonyl (C=O) groups is 1. The van der Waals surface area contributed by atoms with Crippen molar-refractivity contribution in [3.05, 3.63) is 82.3 Å². The van der Waals surface area contributed by atoms with Crippen molar-refractivity contribution >= 4 is 11.6 Å². The van der Waals surface area contributed by atoms with Crippen molar-refractivity contribution in [3.63, 3.8) is 0 Å². The van der Waals surface area contributed by atoms with Crippen LogP contribution < -0.4 is 10.9 Å². The average Bonchev–Trinajstić information content (AvgIpc) is 2.70. The minimum Gasteiger partial charge on any atom is -0.325 e. The van der Waals surface area contributed by atoms with E-state index in [9.17, 15) is 9.59 Å². The van der Waals surface area contributed by atoms with Crippen molar-refractivity contribution in [1.82, 2.24) is 9.55 Å². The fourth-order valence-corrected chi connectivity index (χ4v) is 3.01. The molecule has 0 saturated carbocycles. The van der Waals surface area contributed by atoms with Crippen molar-refractivity contribution in [2.24, 2.45) is 0 Å². The van der Waals surface area contributed by atoms with Gasteiger partial charge in [-0.2, -0.15) is 0 Å². The minimum atomic E-state index is -0.258. The van der Waals surface area contributed by atoms with E-state index < -0.39 is 0 Å². The molecular weight excluding hydrogens is 350 g/mol. The van der Waals surface area contributed by atoms with E-state index in [1.165, 1.54) is 10.6 Å². The molecule has 0 atom stereocenters. The zero-order valence-electron chi connectivity index (χ0n) is 16.5. The quantitative estimate of drug-likeness (QED) is 0.701. The molecule has 0 unspecified atom stereocenters. The summed E-state index contributed by atoms with van der Waals surface area (Å²) in [7, 11) is 0.